The molecule has 0 unspecified atom stereocenters. The van der Waals surface area contributed by atoms with Gasteiger partial charge in [-0.1, -0.05) is 41.9 Å². The number of aromatic amines is 1. The monoisotopic (exact) mass is 373 g/mol. The minimum atomic E-state index is -0.207. The molecular formula is C22H16ClN3O. The van der Waals surface area contributed by atoms with E-state index in [1.165, 1.54) is 0 Å². The Morgan fingerprint density at radius 3 is 2.74 bits per heavy atom. The van der Waals surface area contributed by atoms with Gasteiger partial charge in [0, 0.05) is 45.2 Å². The zero-order valence-electron chi connectivity index (χ0n) is 14.3. The number of rotatable bonds is 4. The molecule has 132 valence electrons. The van der Waals surface area contributed by atoms with Crippen LogP contribution in [0.3, 0.4) is 0 Å². The molecule has 0 atom stereocenters. The minimum Gasteiger partial charge on any atom is -0.361 e. The highest BCUT2D eigenvalue weighted by molar-refractivity contribution is 6.31. The van der Waals surface area contributed by atoms with Crippen molar-refractivity contribution < 1.29 is 4.79 Å². The van der Waals surface area contributed by atoms with Crippen molar-refractivity contribution in [3.8, 4) is 0 Å². The first-order valence-electron chi connectivity index (χ1n) is 8.46. The molecule has 4 aromatic rings. The molecule has 4 rings (SSSR count). The fraction of sp³-hybridized carbons (Fsp3) is 0. The molecule has 3 aromatic carbocycles. The molecule has 1 aromatic heterocycles. The number of fused-ring (bicyclic) bond motifs is 1. The number of aliphatic imine (C=N–C) groups is 1. The summed E-state index contributed by atoms with van der Waals surface area (Å²) in [5, 5.41) is 4.52. The molecule has 0 bridgehead atoms. The summed E-state index contributed by atoms with van der Waals surface area (Å²) in [7, 11) is 0. The van der Waals surface area contributed by atoms with E-state index in [1.807, 2.05) is 42.6 Å². The van der Waals surface area contributed by atoms with Crippen LogP contribution < -0.4 is 5.32 Å². The van der Waals surface area contributed by atoms with Crippen molar-refractivity contribution in [1.29, 1.82) is 0 Å². The van der Waals surface area contributed by atoms with Crippen molar-refractivity contribution in [3.63, 3.8) is 0 Å². The first-order chi connectivity index (χ1) is 13.2. The quantitative estimate of drug-likeness (QED) is 0.435. The average Bonchev–Trinajstić information content (AvgIpc) is 3.10. The van der Waals surface area contributed by atoms with E-state index < -0.39 is 0 Å². The van der Waals surface area contributed by atoms with Crippen LogP contribution in [-0.4, -0.2) is 17.1 Å². The van der Waals surface area contributed by atoms with Gasteiger partial charge in [-0.15, -0.1) is 0 Å². The normalized spacial score (nSPS) is 11.1. The summed E-state index contributed by atoms with van der Waals surface area (Å²) in [6.07, 6.45) is 3.72. The second-order valence-corrected chi connectivity index (χ2v) is 6.50. The maximum absolute atomic E-state index is 12.5. The molecule has 0 spiro atoms. The van der Waals surface area contributed by atoms with Gasteiger partial charge in [0.2, 0.25) is 0 Å². The molecule has 27 heavy (non-hydrogen) atoms. The lowest BCUT2D eigenvalue weighted by molar-refractivity contribution is 0.102. The van der Waals surface area contributed by atoms with Crippen LogP contribution >= 0.6 is 11.6 Å². The number of para-hydroxylation sites is 1. The van der Waals surface area contributed by atoms with Crippen LogP contribution in [-0.2, 0) is 0 Å². The van der Waals surface area contributed by atoms with Crippen molar-refractivity contribution in [1.82, 2.24) is 4.98 Å². The molecule has 5 heteroatoms. The van der Waals surface area contributed by atoms with Gasteiger partial charge in [0.1, 0.15) is 0 Å². The van der Waals surface area contributed by atoms with Crippen molar-refractivity contribution in [2.75, 3.05) is 5.32 Å². The molecular weight excluding hydrogens is 358 g/mol. The molecule has 0 saturated heterocycles. The lowest BCUT2D eigenvalue weighted by atomic mass is 10.1. The van der Waals surface area contributed by atoms with Crippen LogP contribution in [0.5, 0.6) is 0 Å². The average molecular weight is 374 g/mol. The van der Waals surface area contributed by atoms with Crippen molar-refractivity contribution in [2.24, 2.45) is 4.99 Å². The number of hydrogen-bond donors (Lipinski definition) is 2. The summed E-state index contributed by atoms with van der Waals surface area (Å²) in [5.41, 5.74) is 3.95. The summed E-state index contributed by atoms with van der Waals surface area (Å²) in [6, 6.07) is 22.3. The van der Waals surface area contributed by atoms with Crippen LogP contribution in [0, 0.1) is 0 Å². The highest BCUT2D eigenvalue weighted by atomic mass is 35.5. The first kappa shape index (κ1) is 17.1. The van der Waals surface area contributed by atoms with E-state index in [2.05, 4.69) is 15.3 Å². The van der Waals surface area contributed by atoms with E-state index in [-0.39, 0.29) is 5.91 Å². The van der Waals surface area contributed by atoms with Gasteiger partial charge in [-0.05, 0) is 42.5 Å². The van der Waals surface area contributed by atoms with Crippen molar-refractivity contribution in [2.45, 2.75) is 0 Å². The van der Waals surface area contributed by atoms with E-state index in [9.17, 15) is 4.79 Å². The van der Waals surface area contributed by atoms with Gasteiger partial charge in [-0.25, -0.2) is 0 Å². The molecule has 0 aliphatic rings. The van der Waals surface area contributed by atoms with Gasteiger partial charge in [0.05, 0.1) is 5.69 Å². The number of amides is 1. The van der Waals surface area contributed by atoms with Crippen molar-refractivity contribution >= 4 is 46.0 Å². The number of hydrogen-bond acceptors (Lipinski definition) is 2. The van der Waals surface area contributed by atoms with E-state index in [0.717, 1.165) is 16.5 Å². The van der Waals surface area contributed by atoms with Crippen LogP contribution in [0.2, 0.25) is 5.02 Å². The molecule has 0 radical (unpaired) electrons. The fourth-order valence-corrected chi connectivity index (χ4v) is 3.03. The number of anilines is 1. The molecule has 0 fully saturated rings. The SMILES string of the molecule is O=C(Nc1cccc(Cl)c1)c1cccc(N=Cc2c[nH]c3ccccc23)c1. The standard InChI is InChI=1S/C22H16ClN3O/c23-17-6-4-8-19(12-17)26-22(27)15-5-3-7-18(11-15)24-13-16-14-25-21-10-2-1-9-20(16)21/h1-14,25H,(H,26,27). The second-order valence-electron chi connectivity index (χ2n) is 6.06. The Morgan fingerprint density at radius 1 is 1.00 bits per heavy atom. The van der Waals surface area contributed by atoms with E-state index in [4.69, 9.17) is 11.6 Å². The Labute approximate surface area is 161 Å². The third kappa shape index (κ3) is 3.91. The maximum atomic E-state index is 12.5. The zero-order chi connectivity index (χ0) is 18.6. The predicted molar refractivity (Wildman–Crippen MR) is 111 cm³/mol. The lowest BCUT2D eigenvalue weighted by Gasteiger charge is -2.06. The molecule has 1 heterocycles. The number of carbonyl (C=O) groups is 1. The number of nitrogens with one attached hydrogen (secondary N) is 2. The molecule has 0 aliphatic carbocycles. The second kappa shape index (κ2) is 7.48. The number of benzene rings is 3. The smallest absolute Gasteiger partial charge is 0.255 e. The summed E-state index contributed by atoms with van der Waals surface area (Å²) < 4.78 is 0. The van der Waals surface area contributed by atoms with Gasteiger partial charge >= 0.3 is 0 Å². The van der Waals surface area contributed by atoms with Crippen molar-refractivity contribution in [3.05, 3.63) is 95.1 Å². The minimum absolute atomic E-state index is 0.207. The maximum Gasteiger partial charge on any atom is 0.255 e. The number of aromatic nitrogens is 1. The topological polar surface area (TPSA) is 57.2 Å². The van der Waals surface area contributed by atoms with Crippen LogP contribution in [0.4, 0.5) is 11.4 Å². The fourth-order valence-electron chi connectivity index (χ4n) is 2.84. The Balaban J connectivity index is 1.54. The third-order valence-electron chi connectivity index (χ3n) is 4.16. The van der Waals surface area contributed by atoms with E-state index in [0.29, 0.717) is 22.0 Å². The summed E-state index contributed by atoms with van der Waals surface area (Å²) >= 11 is 5.96. The molecule has 2 N–H and O–H groups in total. The van der Waals surface area contributed by atoms with Crippen LogP contribution in [0.15, 0.2) is 84.0 Å². The summed E-state index contributed by atoms with van der Waals surface area (Å²) in [4.78, 5) is 20.2. The van der Waals surface area contributed by atoms with Gasteiger partial charge < -0.3 is 10.3 Å². The third-order valence-corrected chi connectivity index (χ3v) is 4.40. The van der Waals surface area contributed by atoms with Gasteiger partial charge in [0.25, 0.3) is 5.91 Å². The number of H-pyrrole nitrogens is 1. The predicted octanol–water partition coefficient (Wildman–Crippen LogP) is 5.82. The van der Waals surface area contributed by atoms with Gasteiger partial charge in [-0.2, -0.15) is 0 Å². The zero-order valence-corrected chi connectivity index (χ0v) is 15.1. The summed E-state index contributed by atoms with van der Waals surface area (Å²) in [5.74, 6) is -0.207. The lowest BCUT2D eigenvalue weighted by Crippen LogP contribution is -2.11. The van der Waals surface area contributed by atoms with E-state index in [1.54, 1.807) is 42.6 Å². The Bertz CT molecular complexity index is 1150. The van der Waals surface area contributed by atoms with Gasteiger partial charge in [0.15, 0.2) is 0 Å². The van der Waals surface area contributed by atoms with Gasteiger partial charge in [-0.3, -0.25) is 9.79 Å². The Hall–Kier alpha value is -3.37. The molecule has 1 amide bonds. The summed E-state index contributed by atoms with van der Waals surface area (Å²) in [6.45, 7) is 0. The number of nitrogens with zero attached hydrogens (tertiary/aromatic N) is 1. The van der Waals surface area contributed by atoms with Crippen LogP contribution in [0.1, 0.15) is 15.9 Å². The molecule has 0 aliphatic heterocycles. The highest BCUT2D eigenvalue weighted by Gasteiger charge is 2.07. The number of carbonyl (C=O) groups excluding carboxylic acids is 1. The number of halogens is 1. The molecule has 4 nitrogen and oxygen atoms in total. The highest BCUT2D eigenvalue weighted by Crippen LogP contribution is 2.20. The van der Waals surface area contributed by atoms with Crippen LogP contribution in [0.25, 0.3) is 10.9 Å². The Morgan fingerprint density at radius 2 is 1.85 bits per heavy atom. The Kier molecular flexibility index (Phi) is 4.73. The molecule has 0 saturated carbocycles. The largest absolute Gasteiger partial charge is 0.361 e. The van der Waals surface area contributed by atoms with E-state index >= 15 is 0 Å². The first-order valence-corrected chi connectivity index (χ1v) is 8.84.